The van der Waals surface area contributed by atoms with Gasteiger partial charge < -0.3 is 15.7 Å². The second-order valence-corrected chi connectivity index (χ2v) is 2.09. The maximum atomic E-state index is 10.6. The van der Waals surface area contributed by atoms with E-state index in [1.165, 1.54) is 0 Å². The third-order valence-electron chi connectivity index (χ3n) is 1.29. The standard InChI is InChI=1S/C6H10N2O2/c1-2-4-3-5(9)8-6(10)7-4/h3,5,9H,2H2,1H3,(H2,7,8,10). The first-order chi connectivity index (χ1) is 4.72. The summed E-state index contributed by atoms with van der Waals surface area (Å²) in [6.45, 7) is 1.91. The van der Waals surface area contributed by atoms with Crippen LogP contribution in [0.1, 0.15) is 13.3 Å². The fourth-order valence-electron chi connectivity index (χ4n) is 0.796. The van der Waals surface area contributed by atoms with Crippen LogP contribution in [0.2, 0.25) is 0 Å². The van der Waals surface area contributed by atoms with Crippen molar-refractivity contribution in [2.45, 2.75) is 19.6 Å². The molecule has 0 aromatic rings. The summed E-state index contributed by atoms with van der Waals surface area (Å²) in [7, 11) is 0. The molecule has 0 spiro atoms. The summed E-state index contributed by atoms with van der Waals surface area (Å²) in [4.78, 5) is 10.6. The van der Waals surface area contributed by atoms with Crippen molar-refractivity contribution >= 4 is 6.03 Å². The minimum Gasteiger partial charge on any atom is -0.370 e. The first kappa shape index (κ1) is 7.08. The number of carbonyl (C=O) groups excluding carboxylic acids is 1. The number of rotatable bonds is 1. The van der Waals surface area contributed by atoms with Crippen LogP contribution >= 0.6 is 0 Å². The van der Waals surface area contributed by atoms with E-state index < -0.39 is 6.23 Å². The first-order valence-corrected chi connectivity index (χ1v) is 3.18. The summed E-state index contributed by atoms with van der Waals surface area (Å²) < 4.78 is 0. The third-order valence-corrected chi connectivity index (χ3v) is 1.29. The Bertz CT molecular complexity index is 177. The van der Waals surface area contributed by atoms with Gasteiger partial charge in [0.1, 0.15) is 6.23 Å². The van der Waals surface area contributed by atoms with Gasteiger partial charge in [-0.2, -0.15) is 0 Å². The maximum absolute atomic E-state index is 10.6. The lowest BCUT2D eigenvalue weighted by molar-refractivity contribution is 0.172. The number of urea groups is 1. The summed E-state index contributed by atoms with van der Waals surface area (Å²) in [5, 5.41) is 13.8. The number of carbonyl (C=O) groups is 1. The van der Waals surface area contributed by atoms with Crippen LogP contribution in [0.3, 0.4) is 0 Å². The summed E-state index contributed by atoms with van der Waals surface area (Å²) in [6.07, 6.45) is 1.47. The molecule has 4 nitrogen and oxygen atoms in total. The van der Waals surface area contributed by atoms with Crippen molar-refractivity contribution in [1.29, 1.82) is 0 Å². The quantitative estimate of drug-likeness (QED) is 0.479. The van der Waals surface area contributed by atoms with Gasteiger partial charge in [0.05, 0.1) is 0 Å². The Hall–Kier alpha value is -1.03. The first-order valence-electron chi connectivity index (χ1n) is 3.18. The zero-order valence-corrected chi connectivity index (χ0v) is 5.72. The molecule has 1 heterocycles. The molecule has 10 heavy (non-hydrogen) atoms. The molecular formula is C6H10N2O2. The Labute approximate surface area is 58.9 Å². The highest BCUT2D eigenvalue weighted by Gasteiger charge is 2.13. The average molecular weight is 142 g/mol. The van der Waals surface area contributed by atoms with Crippen molar-refractivity contribution in [3.05, 3.63) is 11.8 Å². The van der Waals surface area contributed by atoms with E-state index in [0.717, 1.165) is 12.1 Å². The van der Waals surface area contributed by atoms with Crippen molar-refractivity contribution < 1.29 is 9.90 Å². The molecular weight excluding hydrogens is 132 g/mol. The zero-order chi connectivity index (χ0) is 7.56. The summed E-state index contributed by atoms with van der Waals surface area (Å²) in [6, 6.07) is -0.341. The molecule has 4 heteroatoms. The molecule has 0 saturated heterocycles. The highest BCUT2D eigenvalue weighted by Crippen LogP contribution is 2.00. The highest BCUT2D eigenvalue weighted by molar-refractivity contribution is 5.77. The zero-order valence-electron chi connectivity index (χ0n) is 5.72. The summed E-state index contributed by atoms with van der Waals surface area (Å²) >= 11 is 0. The summed E-state index contributed by atoms with van der Waals surface area (Å²) in [5.41, 5.74) is 0.760. The van der Waals surface area contributed by atoms with Gasteiger partial charge in [0.2, 0.25) is 0 Å². The molecule has 0 aromatic heterocycles. The molecule has 0 aromatic carbocycles. The van der Waals surface area contributed by atoms with Crippen LogP contribution in [0.15, 0.2) is 11.8 Å². The predicted molar refractivity (Wildman–Crippen MR) is 36.0 cm³/mol. The topological polar surface area (TPSA) is 61.4 Å². The lowest BCUT2D eigenvalue weighted by atomic mass is 10.3. The fourth-order valence-corrected chi connectivity index (χ4v) is 0.796. The molecule has 1 rings (SSSR count). The van der Waals surface area contributed by atoms with E-state index in [1.54, 1.807) is 6.08 Å². The number of hydrogen-bond donors (Lipinski definition) is 3. The largest absolute Gasteiger partial charge is 0.370 e. The second kappa shape index (κ2) is 2.70. The van der Waals surface area contributed by atoms with Gasteiger partial charge in [0.25, 0.3) is 0 Å². The van der Waals surface area contributed by atoms with Crippen LogP contribution in [0, 0.1) is 0 Å². The van der Waals surface area contributed by atoms with Gasteiger partial charge in [-0.3, -0.25) is 0 Å². The van der Waals surface area contributed by atoms with Crippen LogP contribution in [0.5, 0.6) is 0 Å². The lowest BCUT2D eigenvalue weighted by Crippen LogP contribution is -2.45. The third kappa shape index (κ3) is 1.48. The number of allylic oxidation sites excluding steroid dienone is 1. The molecule has 0 fully saturated rings. The van der Waals surface area contributed by atoms with Gasteiger partial charge in [-0.05, 0) is 12.5 Å². The normalized spacial score (nSPS) is 24.8. The Kier molecular flexibility index (Phi) is 1.91. The SMILES string of the molecule is CCC1=CC(O)NC(=O)N1. The van der Waals surface area contributed by atoms with Crippen LogP contribution in [0.25, 0.3) is 0 Å². The molecule has 0 radical (unpaired) electrons. The van der Waals surface area contributed by atoms with E-state index in [2.05, 4.69) is 10.6 Å². The number of aliphatic hydroxyl groups is 1. The van der Waals surface area contributed by atoms with Crippen LogP contribution < -0.4 is 10.6 Å². The molecule has 56 valence electrons. The molecule has 1 unspecified atom stereocenters. The van der Waals surface area contributed by atoms with Gasteiger partial charge in [0.15, 0.2) is 0 Å². The molecule has 2 amide bonds. The molecule has 0 saturated carbocycles. The van der Waals surface area contributed by atoms with E-state index >= 15 is 0 Å². The van der Waals surface area contributed by atoms with Gasteiger partial charge in [-0.1, -0.05) is 6.92 Å². The Balaban J connectivity index is 2.65. The van der Waals surface area contributed by atoms with E-state index in [4.69, 9.17) is 5.11 Å². The van der Waals surface area contributed by atoms with Gasteiger partial charge in [-0.15, -0.1) is 0 Å². The van der Waals surface area contributed by atoms with Gasteiger partial charge in [-0.25, -0.2) is 4.79 Å². The van der Waals surface area contributed by atoms with Crippen molar-refractivity contribution in [1.82, 2.24) is 10.6 Å². The fraction of sp³-hybridized carbons (Fsp3) is 0.500. The number of aliphatic hydroxyl groups excluding tert-OH is 1. The molecule has 1 atom stereocenters. The smallest absolute Gasteiger partial charge is 0.321 e. The Morgan fingerprint density at radius 3 is 3.00 bits per heavy atom. The Morgan fingerprint density at radius 1 is 1.80 bits per heavy atom. The van der Waals surface area contributed by atoms with E-state index in [9.17, 15) is 4.79 Å². The van der Waals surface area contributed by atoms with E-state index in [-0.39, 0.29) is 6.03 Å². The van der Waals surface area contributed by atoms with Crippen molar-refractivity contribution in [3.63, 3.8) is 0 Å². The molecule has 0 bridgehead atoms. The lowest BCUT2D eigenvalue weighted by Gasteiger charge is -2.18. The van der Waals surface area contributed by atoms with E-state index in [1.807, 2.05) is 6.92 Å². The molecule has 1 aliphatic heterocycles. The minimum absolute atomic E-state index is 0.341. The van der Waals surface area contributed by atoms with Crippen LogP contribution in [-0.4, -0.2) is 17.4 Å². The predicted octanol–water partition coefficient (Wildman–Crippen LogP) is -0.0885. The van der Waals surface area contributed by atoms with Crippen LogP contribution in [-0.2, 0) is 0 Å². The number of amides is 2. The number of hydrogen-bond acceptors (Lipinski definition) is 2. The monoisotopic (exact) mass is 142 g/mol. The van der Waals surface area contributed by atoms with Gasteiger partial charge in [0, 0.05) is 5.70 Å². The average Bonchev–Trinajstić information content (AvgIpc) is 1.85. The second-order valence-electron chi connectivity index (χ2n) is 2.09. The summed E-state index contributed by atoms with van der Waals surface area (Å²) in [5.74, 6) is 0. The van der Waals surface area contributed by atoms with Crippen molar-refractivity contribution in [3.8, 4) is 0 Å². The van der Waals surface area contributed by atoms with Crippen molar-refractivity contribution in [2.75, 3.05) is 0 Å². The number of nitrogens with one attached hydrogen (secondary N) is 2. The van der Waals surface area contributed by atoms with E-state index in [0.29, 0.717) is 0 Å². The van der Waals surface area contributed by atoms with Gasteiger partial charge >= 0.3 is 6.03 Å². The molecule has 1 aliphatic rings. The molecule has 0 aliphatic carbocycles. The van der Waals surface area contributed by atoms with Crippen molar-refractivity contribution in [2.24, 2.45) is 0 Å². The highest BCUT2D eigenvalue weighted by atomic mass is 16.3. The van der Waals surface area contributed by atoms with Crippen LogP contribution in [0.4, 0.5) is 4.79 Å². The Morgan fingerprint density at radius 2 is 2.50 bits per heavy atom. The minimum atomic E-state index is -0.830. The maximum Gasteiger partial charge on any atom is 0.321 e. The molecule has 3 N–H and O–H groups in total.